The lowest BCUT2D eigenvalue weighted by Gasteiger charge is -2.14. The van der Waals surface area contributed by atoms with E-state index in [4.69, 9.17) is 11.5 Å². The molecule has 4 N–H and O–H groups in total. The fourth-order valence-electron chi connectivity index (χ4n) is 1.20. The van der Waals surface area contributed by atoms with E-state index in [0.717, 1.165) is 19.3 Å². The summed E-state index contributed by atoms with van der Waals surface area (Å²) in [5.41, 5.74) is 11.8. The lowest BCUT2D eigenvalue weighted by molar-refractivity contribution is 0.527. The molecule has 0 rings (SSSR count). The topological polar surface area (TPSA) is 52.0 Å². The van der Waals surface area contributed by atoms with Crippen LogP contribution in [-0.4, -0.2) is 12.1 Å². The lowest BCUT2D eigenvalue weighted by atomic mass is 10.0. The van der Waals surface area contributed by atoms with Crippen molar-refractivity contribution >= 4 is 0 Å². The quantitative estimate of drug-likeness (QED) is 0.617. The van der Waals surface area contributed by atoms with Crippen LogP contribution in [0.5, 0.6) is 0 Å². The summed E-state index contributed by atoms with van der Waals surface area (Å²) in [6.45, 7) is 4.01. The fraction of sp³-hybridized carbons (Fsp3) is 0.636. The van der Waals surface area contributed by atoms with Gasteiger partial charge in [0.05, 0.1) is 0 Å². The average molecular weight is 182 g/mol. The van der Waals surface area contributed by atoms with Crippen LogP contribution in [0.15, 0.2) is 24.3 Å². The fourth-order valence-corrected chi connectivity index (χ4v) is 1.20. The number of rotatable bonds is 6. The number of hydrogen-bond donors (Lipinski definition) is 2. The Morgan fingerprint density at radius 1 is 0.923 bits per heavy atom. The maximum absolute atomic E-state index is 5.88. The van der Waals surface area contributed by atoms with Crippen LogP contribution in [0, 0.1) is 0 Å². The molecule has 0 aromatic heterocycles. The van der Waals surface area contributed by atoms with Crippen LogP contribution in [0.3, 0.4) is 0 Å². The normalized spacial score (nSPS) is 16.9. The second-order valence-corrected chi connectivity index (χ2v) is 3.37. The summed E-state index contributed by atoms with van der Waals surface area (Å²) in [6, 6.07) is 0.410. The predicted molar refractivity (Wildman–Crippen MR) is 59.4 cm³/mol. The van der Waals surface area contributed by atoms with E-state index < -0.39 is 0 Å². The molecule has 0 saturated heterocycles. The molecule has 0 aliphatic rings. The van der Waals surface area contributed by atoms with Crippen molar-refractivity contribution < 1.29 is 0 Å². The summed E-state index contributed by atoms with van der Waals surface area (Å²) < 4.78 is 0. The minimum Gasteiger partial charge on any atom is -0.327 e. The standard InChI is InChI=1S/C11H22N2/c1-3-5-7-10(12)9-11(13)8-6-4-2/h3-6,10-11H,7-9,12-13H2,1-2H3. The van der Waals surface area contributed by atoms with E-state index >= 15 is 0 Å². The molecule has 0 heterocycles. The SMILES string of the molecule is CC=CCC(N)CC(N)CC=CC. The summed E-state index contributed by atoms with van der Waals surface area (Å²) in [5, 5.41) is 0. The highest BCUT2D eigenvalue weighted by Crippen LogP contribution is 2.03. The zero-order valence-corrected chi connectivity index (χ0v) is 8.74. The molecule has 2 atom stereocenters. The van der Waals surface area contributed by atoms with Crippen LogP contribution in [0.25, 0.3) is 0 Å². The molecule has 2 heteroatoms. The Morgan fingerprint density at radius 2 is 1.31 bits per heavy atom. The maximum Gasteiger partial charge on any atom is 0.00882 e. The molecule has 0 saturated carbocycles. The number of nitrogens with two attached hydrogens (primary N) is 2. The van der Waals surface area contributed by atoms with E-state index in [0.29, 0.717) is 0 Å². The molecule has 2 nitrogen and oxygen atoms in total. The molecule has 0 aromatic rings. The van der Waals surface area contributed by atoms with Gasteiger partial charge in [0.2, 0.25) is 0 Å². The van der Waals surface area contributed by atoms with Gasteiger partial charge in [-0.15, -0.1) is 0 Å². The van der Waals surface area contributed by atoms with Crippen LogP contribution in [0.1, 0.15) is 33.1 Å². The smallest absolute Gasteiger partial charge is 0.00882 e. The van der Waals surface area contributed by atoms with E-state index in [1.165, 1.54) is 0 Å². The van der Waals surface area contributed by atoms with Crippen molar-refractivity contribution in [3.05, 3.63) is 24.3 Å². The van der Waals surface area contributed by atoms with Crippen LogP contribution in [0.4, 0.5) is 0 Å². The van der Waals surface area contributed by atoms with Gasteiger partial charge in [0.1, 0.15) is 0 Å². The largest absolute Gasteiger partial charge is 0.327 e. The molecule has 76 valence electrons. The van der Waals surface area contributed by atoms with Crippen LogP contribution in [-0.2, 0) is 0 Å². The van der Waals surface area contributed by atoms with Gasteiger partial charge >= 0.3 is 0 Å². The van der Waals surface area contributed by atoms with Gasteiger partial charge in [-0.2, -0.15) is 0 Å². The van der Waals surface area contributed by atoms with Crippen molar-refractivity contribution in [2.24, 2.45) is 11.5 Å². The third kappa shape index (κ3) is 7.75. The summed E-state index contributed by atoms with van der Waals surface area (Å²) in [7, 11) is 0. The van der Waals surface area contributed by atoms with Crippen molar-refractivity contribution in [1.29, 1.82) is 0 Å². The molecule has 0 radical (unpaired) electrons. The summed E-state index contributed by atoms with van der Waals surface area (Å²) >= 11 is 0. The molecule has 0 bridgehead atoms. The van der Waals surface area contributed by atoms with E-state index in [2.05, 4.69) is 12.2 Å². The minimum atomic E-state index is 0.205. The maximum atomic E-state index is 5.88. The third-order valence-corrected chi connectivity index (χ3v) is 1.95. The second-order valence-electron chi connectivity index (χ2n) is 3.37. The van der Waals surface area contributed by atoms with Gasteiger partial charge in [0.15, 0.2) is 0 Å². The summed E-state index contributed by atoms with van der Waals surface area (Å²) in [6.07, 6.45) is 11.0. The monoisotopic (exact) mass is 182 g/mol. The molecular formula is C11H22N2. The highest BCUT2D eigenvalue weighted by atomic mass is 14.7. The van der Waals surface area contributed by atoms with Gasteiger partial charge in [0, 0.05) is 12.1 Å². The first kappa shape index (κ1) is 12.4. The highest BCUT2D eigenvalue weighted by Gasteiger charge is 2.06. The number of hydrogen-bond acceptors (Lipinski definition) is 2. The summed E-state index contributed by atoms with van der Waals surface area (Å²) in [5.74, 6) is 0. The highest BCUT2D eigenvalue weighted by molar-refractivity contribution is 4.87. The molecule has 0 amide bonds. The Kier molecular flexibility index (Phi) is 7.65. The van der Waals surface area contributed by atoms with Crippen molar-refractivity contribution in [2.75, 3.05) is 0 Å². The third-order valence-electron chi connectivity index (χ3n) is 1.95. The first-order chi connectivity index (χ1) is 6.20. The van der Waals surface area contributed by atoms with Crippen LogP contribution >= 0.6 is 0 Å². The first-order valence-electron chi connectivity index (χ1n) is 4.94. The van der Waals surface area contributed by atoms with Gasteiger partial charge in [-0.25, -0.2) is 0 Å². The van der Waals surface area contributed by atoms with Crippen LogP contribution in [0.2, 0.25) is 0 Å². The molecule has 2 unspecified atom stereocenters. The Balaban J connectivity index is 3.57. The molecular weight excluding hydrogens is 160 g/mol. The van der Waals surface area contributed by atoms with Crippen molar-refractivity contribution in [1.82, 2.24) is 0 Å². The molecule has 0 fully saturated rings. The van der Waals surface area contributed by atoms with E-state index in [1.807, 2.05) is 26.0 Å². The predicted octanol–water partition coefficient (Wildman–Crippen LogP) is 1.96. The van der Waals surface area contributed by atoms with Gasteiger partial charge in [-0.3, -0.25) is 0 Å². The van der Waals surface area contributed by atoms with Crippen molar-refractivity contribution in [3.63, 3.8) is 0 Å². The summed E-state index contributed by atoms with van der Waals surface area (Å²) in [4.78, 5) is 0. The number of allylic oxidation sites excluding steroid dienone is 2. The van der Waals surface area contributed by atoms with Gasteiger partial charge < -0.3 is 11.5 Å². The first-order valence-corrected chi connectivity index (χ1v) is 4.94. The Bertz CT molecular complexity index is 143. The second kappa shape index (κ2) is 8.02. The van der Waals surface area contributed by atoms with Crippen LogP contribution < -0.4 is 11.5 Å². The molecule has 0 spiro atoms. The Hall–Kier alpha value is -0.600. The van der Waals surface area contributed by atoms with Gasteiger partial charge in [-0.05, 0) is 33.1 Å². The van der Waals surface area contributed by atoms with Gasteiger partial charge in [-0.1, -0.05) is 24.3 Å². The van der Waals surface area contributed by atoms with E-state index in [9.17, 15) is 0 Å². The van der Waals surface area contributed by atoms with E-state index in [1.54, 1.807) is 0 Å². The molecule has 0 aliphatic heterocycles. The molecule has 0 aromatic carbocycles. The molecule has 13 heavy (non-hydrogen) atoms. The Labute approximate surface area is 81.7 Å². The average Bonchev–Trinajstić information content (AvgIpc) is 2.11. The van der Waals surface area contributed by atoms with Crippen molar-refractivity contribution in [3.8, 4) is 0 Å². The lowest BCUT2D eigenvalue weighted by Crippen LogP contribution is -2.30. The van der Waals surface area contributed by atoms with Crippen molar-refractivity contribution in [2.45, 2.75) is 45.2 Å². The van der Waals surface area contributed by atoms with Gasteiger partial charge in [0.25, 0.3) is 0 Å². The van der Waals surface area contributed by atoms with E-state index in [-0.39, 0.29) is 12.1 Å². The molecule has 0 aliphatic carbocycles. The minimum absolute atomic E-state index is 0.205. The zero-order chi connectivity index (χ0) is 10.1. The Morgan fingerprint density at radius 3 is 1.62 bits per heavy atom. The zero-order valence-electron chi connectivity index (χ0n) is 8.74.